The highest BCUT2D eigenvalue weighted by Crippen LogP contribution is 2.28. The van der Waals surface area contributed by atoms with Gasteiger partial charge in [-0.3, -0.25) is 0 Å². The average Bonchev–Trinajstić information content (AvgIpc) is 2.71. The van der Waals surface area contributed by atoms with Crippen molar-refractivity contribution in [1.82, 2.24) is 9.55 Å². The van der Waals surface area contributed by atoms with Crippen LogP contribution in [0.2, 0.25) is 10.0 Å². The summed E-state index contributed by atoms with van der Waals surface area (Å²) in [4.78, 5) is 4.10. The van der Waals surface area contributed by atoms with E-state index in [1.807, 2.05) is 16.7 Å². The Morgan fingerprint density at radius 2 is 2.06 bits per heavy atom. The minimum atomic E-state index is 0.541. The van der Waals surface area contributed by atoms with Crippen molar-refractivity contribution in [3.8, 4) is 11.3 Å². The van der Waals surface area contributed by atoms with Crippen molar-refractivity contribution in [2.24, 2.45) is 5.73 Å². The van der Waals surface area contributed by atoms with E-state index in [-0.39, 0.29) is 0 Å². The molecule has 0 saturated heterocycles. The smallest absolute Gasteiger partial charge is 0.0951 e. The molecule has 84 valence electrons. The molecule has 1 heterocycles. The lowest BCUT2D eigenvalue weighted by molar-refractivity contribution is 0.714. The first-order chi connectivity index (χ1) is 7.72. The summed E-state index contributed by atoms with van der Waals surface area (Å²) in [6, 6.07) is 5.52. The predicted octanol–water partition coefficient (Wildman–Crippen LogP) is 2.82. The van der Waals surface area contributed by atoms with E-state index in [1.54, 1.807) is 18.6 Å². The fourth-order valence-corrected chi connectivity index (χ4v) is 1.83. The van der Waals surface area contributed by atoms with Gasteiger partial charge in [-0.15, -0.1) is 0 Å². The van der Waals surface area contributed by atoms with E-state index in [2.05, 4.69) is 4.98 Å². The zero-order chi connectivity index (χ0) is 11.5. The second-order valence-electron chi connectivity index (χ2n) is 3.39. The van der Waals surface area contributed by atoms with Crippen molar-refractivity contribution in [1.29, 1.82) is 0 Å². The first kappa shape index (κ1) is 11.5. The first-order valence-corrected chi connectivity index (χ1v) is 5.63. The van der Waals surface area contributed by atoms with Crippen LogP contribution in [0.3, 0.4) is 0 Å². The third-order valence-electron chi connectivity index (χ3n) is 2.30. The zero-order valence-electron chi connectivity index (χ0n) is 8.53. The Balaban J connectivity index is 2.42. The van der Waals surface area contributed by atoms with Gasteiger partial charge in [-0.2, -0.15) is 0 Å². The standard InChI is InChI=1S/C11H11Cl2N3/c12-9-2-1-8(5-10(9)13)11-6-15-7-16(11)4-3-14/h1-2,5-7H,3-4,14H2. The summed E-state index contributed by atoms with van der Waals surface area (Å²) in [5.74, 6) is 0. The van der Waals surface area contributed by atoms with E-state index in [4.69, 9.17) is 28.9 Å². The number of rotatable bonds is 3. The Hall–Kier alpha value is -1.03. The Morgan fingerprint density at radius 3 is 2.75 bits per heavy atom. The molecule has 0 unspecified atom stereocenters. The highest BCUT2D eigenvalue weighted by Gasteiger charge is 2.06. The van der Waals surface area contributed by atoms with Gasteiger partial charge in [-0.1, -0.05) is 29.3 Å². The molecule has 5 heteroatoms. The molecule has 1 aromatic heterocycles. The van der Waals surface area contributed by atoms with Gasteiger partial charge in [0.05, 0.1) is 28.3 Å². The minimum Gasteiger partial charge on any atom is -0.329 e. The summed E-state index contributed by atoms with van der Waals surface area (Å²) in [6.07, 6.45) is 3.54. The van der Waals surface area contributed by atoms with Crippen LogP contribution in [0.1, 0.15) is 0 Å². The van der Waals surface area contributed by atoms with Gasteiger partial charge in [0.1, 0.15) is 0 Å². The molecule has 0 saturated carbocycles. The van der Waals surface area contributed by atoms with E-state index >= 15 is 0 Å². The molecule has 2 rings (SSSR count). The number of nitrogens with two attached hydrogens (primary N) is 1. The molecular formula is C11H11Cl2N3. The van der Waals surface area contributed by atoms with Crippen LogP contribution in [-0.2, 0) is 6.54 Å². The van der Waals surface area contributed by atoms with Crippen molar-refractivity contribution in [2.75, 3.05) is 6.54 Å². The van der Waals surface area contributed by atoms with Crippen molar-refractivity contribution in [3.05, 3.63) is 40.8 Å². The topological polar surface area (TPSA) is 43.8 Å². The first-order valence-electron chi connectivity index (χ1n) is 4.88. The third kappa shape index (κ3) is 2.21. The number of hydrogen-bond donors (Lipinski definition) is 1. The molecule has 2 N–H and O–H groups in total. The normalized spacial score (nSPS) is 10.7. The molecule has 0 aliphatic rings. The van der Waals surface area contributed by atoms with Crippen LogP contribution >= 0.6 is 23.2 Å². The quantitative estimate of drug-likeness (QED) is 0.917. The molecule has 0 fully saturated rings. The van der Waals surface area contributed by atoms with Crippen molar-refractivity contribution in [3.63, 3.8) is 0 Å². The molecular weight excluding hydrogens is 245 g/mol. The summed E-state index contributed by atoms with van der Waals surface area (Å²) >= 11 is 11.8. The number of imidazole rings is 1. The van der Waals surface area contributed by atoms with Crippen molar-refractivity contribution >= 4 is 23.2 Å². The monoisotopic (exact) mass is 255 g/mol. The highest BCUT2D eigenvalue weighted by molar-refractivity contribution is 6.42. The van der Waals surface area contributed by atoms with Crippen LogP contribution in [0.4, 0.5) is 0 Å². The van der Waals surface area contributed by atoms with Gasteiger partial charge in [0.25, 0.3) is 0 Å². The van der Waals surface area contributed by atoms with Crippen LogP contribution in [0.15, 0.2) is 30.7 Å². The van der Waals surface area contributed by atoms with Gasteiger partial charge < -0.3 is 10.3 Å². The number of aromatic nitrogens is 2. The summed E-state index contributed by atoms with van der Waals surface area (Å²) in [6.45, 7) is 1.31. The van der Waals surface area contributed by atoms with E-state index in [0.717, 1.165) is 17.8 Å². The SMILES string of the molecule is NCCn1cncc1-c1ccc(Cl)c(Cl)c1. The molecule has 0 aliphatic heterocycles. The average molecular weight is 256 g/mol. The van der Waals surface area contributed by atoms with E-state index in [9.17, 15) is 0 Å². The maximum Gasteiger partial charge on any atom is 0.0951 e. The maximum absolute atomic E-state index is 5.97. The van der Waals surface area contributed by atoms with E-state index < -0.39 is 0 Å². The van der Waals surface area contributed by atoms with Crippen LogP contribution in [0.25, 0.3) is 11.3 Å². The lowest BCUT2D eigenvalue weighted by Crippen LogP contribution is -2.09. The van der Waals surface area contributed by atoms with Crippen LogP contribution in [0, 0.1) is 0 Å². The number of benzene rings is 1. The molecule has 0 radical (unpaired) electrons. The lowest BCUT2D eigenvalue weighted by Gasteiger charge is -2.07. The number of halogens is 2. The van der Waals surface area contributed by atoms with Crippen molar-refractivity contribution in [2.45, 2.75) is 6.54 Å². The van der Waals surface area contributed by atoms with Gasteiger partial charge in [0.2, 0.25) is 0 Å². The Morgan fingerprint density at radius 1 is 1.25 bits per heavy atom. The maximum atomic E-state index is 5.97. The molecule has 0 aliphatic carbocycles. The molecule has 0 atom stereocenters. The summed E-state index contributed by atoms with van der Waals surface area (Å²) < 4.78 is 1.99. The molecule has 0 bridgehead atoms. The fourth-order valence-electron chi connectivity index (χ4n) is 1.53. The zero-order valence-corrected chi connectivity index (χ0v) is 10.0. The molecule has 3 nitrogen and oxygen atoms in total. The van der Waals surface area contributed by atoms with Gasteiger partial charge >= 0.3 is 0 Å². The number of hydrogen-bond acceptors (Lipinski definition) is 2. The van der Waals surface area contributed by atoms with E-state index in [0.29, 0.717) is 16.6 Å². The molecule has 16 heavy (non-hydrogen) atoms. The summed E-state index contributed by atoms with van der Waals surface area (Å²) in [5, 5.41) is 1.09. The van der Waals surface area contributed by atoms with E-state index in [1.165, 1.54) is 0 Å². The second kappa shape index (κ2) is 4.87. The summed E-state index contributed by atoms with van der Waals surface area (Å²) in [5.41, 5.74) is 7.50. The number of nitrogens with zero attached hydrogens (tertiary/aromatic N) is 2. The summed E-state index contributed by atoms with van der Waals surface area (Å²) in [7, 11) is 0. The predicted molar refractivity (Wildman–Crippen MR) is 66.7 cm³/mol. The Labute approximate surface area is 104 Å². The highest BCUT2D eigenvalue weighted by atomic mass is 35.5. The second-order valence-corrected chi connectivity index (χ2v) is 4.20. The minimum absolute atomic E-state index is 0.541. The molecule has 1 aromatic carbocycles. The Kier molecular flexibility index (Phi) is 3.49. The molecule has 0 amide bonds. The molecule has 0 spiro atoms. The van der Waals surface area contributed by atoms with Gasteiger partial charge in [0.15, 0.2) is 0 Å². The van der Waals surface area contributed by atoms with Gasteiger partial charge in [-0.25, -0.2) is 4.98 Å². The van der Waals surface area contributed by atoms with Crippen LogP contribution in [0.5, 0.6) is 0 Å². The van der Waals surface area contributed by atoms with Gasteiger partial charge in [-0.05, 0) is 12.1 Å². The largest absolute Gasteiger partial charge is 0.329 e. The lowest BCUT2D eigenvalue weighted by atomic mass is 10.1. The molecule has 2 aromatic rings. The van der Waals surface area contributed by atoms with Crippen LogP contribution in [-0.4, -0.2) is 16.1 Å². The third-order valence-corrected chi connectivity index (χ3v) is 3.04. The Bertz CT molecular complexity index is 494. The van der Waals surface area contributed by atoms with Gasteiger partial charge in [0, 0.05) is 18.7 Å². The van der Waals surface area contributed by atoms with Crippen LogP contribution < -0.4 is 5.73 Å². The fraction of sp³-hybridized carbons (Fsp3) is 0.182. The van der Waals surface area contributed by atoms with Crippen molar-refractivity contribution < 1.29 is 0 Å².